The lowest BCUT2D eigenvalue weighted by Crippen LogP contribution is -2.18. The maximum atomic E-state index is 12.2. The van der Waals surface area contributed by atoms with Crippen molar-refractivity contribution in [3.05, 3.63) is 35.7 Å². The number of carbonyl (C=O) groups is 1. The smallest absolute Gasteiger partial charge is 0.406 e. The number of hydrogen-bond donors (Lipinski definition) is 1. The first-order valence-corrected chi connectivity index (χ1v) is 6.25. The standard InChI is InChI=1S/C13H13F3N4O2/c1-8-17-12(20(2)19-8)18-11(21)7-9-4-3-5-10(6-9)22-13(14,15)16/h3-6H,7H2,1-2H3,(H,17,18,19,21). The average Bonchev–Trinajstić information content (AvgIpc) is 2.65. The third kappa shape index (κ3) is 4.47. The molecule has 0 aliphatic carbocycles. The molecular formula is C13H13F3N4O2. The molecule has 0 aliphatic rings. The number of hydrogen-bond acceptors (Lipinski definition) is 4. The predicted octanol–water partition coefficient (Wildman–Crippen LogP) is 2.20. The van der Waals surface area contributed by atoms with Crippen LogP contribution in [0.5, 0.6) is 5.75 Å². The number of anilines is 1. The Bertz CT molecular complexity index is 682. The molecule has 0 bridgehead atoms. The van der Waals surface area contributed by atoms with Gasteiger partial charge in [0.25, 0.3) is 0 Å². The minimum Gasteiger partial charge on any atom is -0.406 e. The molecule has 0 aliphatic heterocycles. The number of aryl methyl sites for hydroxylation is 2. The molecule has 2 aromatic rings. The highest BCUT2D eigenvalue weighted by Crippen LogP contribution is 2.23. The Morgan fingerprint density at radius 2 is 2.14 bits per heavy atom. The number of halogens is 3. The van der Waals surface area contributed by atoms with Crippen LogP contribution < -0.4 is 10.1 Å². The first kappa shape index (κ1) is 15.8. The Balaban J connectivity index is 2.02. The molecule has 0 radical (unpaired) electrons. The molecule has 6 nitrogen and oxygen atoms in total. The summed E-state index contributed by atoms with van der Waals surface area (Å²) in [6.45, 7) is 1.67. The van der Waals surface area contributed by atoms with Crippen LogP contribution in [0, 0.1) is 6.92 Å². The van der Waals surface area contributed by atoms with Gasteiger partial charge < -0.3 is 4.74 Å². The zero-order valence-corrected chi connectivity index (χ0v) is 11.8. The Morgan fingerprint density at radius 3 is 2.73 bits per heavy atom. The van der Waals surface area contributed by atoms with Gasteiger partial charge in [0.2, 0.25) is 11.9 Å². The van der Waals surface area contributed by atoms with Gasteiger partial charge in [0.05, 0.1) is 6.42 Å². The molecule has 1 heterocycles. The van der Waals surface area contributed by atoms with E-state index in [-0.39, 0.29) is 18.1 Å². The summed E-state index contributed by atoms with van der Waals surface area (Å²) in [5, 5.41) is 6.51. The number of alkyl halides is 3. The highest BCUT2D eigenvalue weighted by Gasteiger charge is 2.31. The maximum absolute atomic E-state index is 12.2. The molecule has 1 aromatic heterocycles. The second-order valence-electron chi connectivity index (χ2n) is 4.53. The van der Waals surface area contributed by atoms with E-state index >= 15 is 0 Å². The molecule has 1 N–H and O–H groups in total. The van der Waals surface area contributed by atoms with Crippen molar-refractivity contribution in [2.75, 3.05) is 5.32 Å². The van der Waals surface area contributed by atoms with Gasteiger partial charge in [0, 0.05) is 7.05 Å². The van der Waals surface area contributed by atoms with Crippen LogP contribution in [0.4, 0.5) is 19.1 Å². The average molecular weight is 314 g/mol. The zero-order valence-electron chi connectivity index (χ0n) is 11.8. The molecule has 0 spiro atoms. The molecule has 0 atom stereocenters. The van der Waals surface area contributed by atoms with Gasteiger partial charge in [-0.05, 0) is 24.6 Å². The van der Waals surface area contributed by atoms with E-state index in [9.17, 15) is 18.0 Å². The van der Waals surface area contributed by atoms with Crippen LogP contribution in [0.15, 0.2) is 24.3 Å². The van der Waals surface area contributed by atoms with Crippen LogP contribution >= 0.6 is 0 Å². The highest BCUT2D eigenvalue weighted by atomic mass is 19.4. The minimum atomic E-state index is -4.77. The highest BCUT2D eigenvalue weighted by molar-refractivity contribution is 5.90. The van der Waals surface area contributed by atoms with Crippen LogP contribution in [0.3, 0.4) is 0 Å². The van der Waals surface area contributed by atoms with Crippen LogP contribution in [0.1, 0.15) is 11.4 Å². The van der Waals surface area contributed by atoms with Crippen molar-refractivity contribution in [3.8, 4) is 5.75 Å². The van der Waals surface area contributed by atoms with Crippen LogP contribution in [0.2, 0.25) is 0 Å². The second-order valence-corrected chi connectivity index (χ2v) is 4.53. The number of nitrogens with one attached hydrogen (secondary N) is 1. The van der Waals surface area contributed by atoms with E-state index in [2.05, 4.69) is 20.1 Å². The fourth-order valence-electron chi connectivity index (χ4n) is 1.83. The van der Waals surface area contributed by atoms with Gasteiger partial charge in [0.1, 0.15) is 11.6 Å². The molecule has 0 saturated carbocycles. The minimum absolute atomic E-state index is 0.110. The van der Waals surface area contributed by atoms with Crippen molar-refractivity contribution in [2.45, 2.75) is 19.7 Å². The van der Waals surface area contributed by atoms with Gasteiger partial charge in [-0.25, -0.2) is 4.68 Å². The van der Waals surface area contributed by atoms with Crippen LogP contribution in [-0.4, -0.2) is 27.0 Å². The Labute approximate surface area is 123 Å². The van der Waals surface area contributed by atoms with E-state index in [1.54, 1.807) is 14.0 Å². The van der Waals surface area contributed by atoms with Gasteiger partial charge in [-0.15, -0.1) is 13.2 Å². The van der Waals surface area contributed by atoms with Crippen molar-refractivity contribution in [3.63, 3.8) is 0 Å². The first-order valence-electron chi connectivity index (χ1n) is 6.25. The number of benzene rings is 1. The van der Waals surface area contributed by atoms with Crippen molar-refractivity contribution in [1.82, 2.24) is 14.8 Å². The van der Waals surface area contributed by atoms with Gasteiger partial charge in [-0.1, -0.05) is 12.1 Å². The summed E-state index contributed by atoms with van der Waals surface area (Å²) in [6.07, 6.45) is -4.88. The number of carbonyl (C=O) groups excluding carboxylic acids is 1. The fraction of sp³-hybridized carbons (Fsp3) is 0.308. The van der Waals surface area contributed by atoms with Crippen molar-refractivity contribution < 1.29 is 22.7 Å². The molecule has 1 amide bonds. The number of aromatic nitrogens is 3. The molecule has 118 valence electrons. The van der Waals surface area contributed by atoms with Crippen molar-refractivity contribution in [2.24, 2.45) is 7.05 Å². The Kier molecular flexibility index (Phi) is 4.34. The topological polar surface area (TPSA) is 69.0 Å². The molecule has 0 unspecified atom stereocenters. The van der Waals surface area contributed by atoms with Gasteiger partial charge in [0.15, 0.2) is 0 Å². The van der Waals surface area contributed by atoms with E-state index in [0.717, 1.165) is 6.07 Å². The summed E-state index contributed by atoms with van der Waals surface area (Å²) in [6, 6.07) is 5.25. The molecular weight excluding hydrogens is 301 g/mol. The summed E-state index contributed by atoms with van der Waals surface area (Å²) >= 11 is 0. The monoisotopic (exact) mass is 314 g/mol. The third-order valence-corrected chi connectivity index (χ3v) is 2.62. The summed E-state index contributed by atoms with van der Waals surface area (Å²) in [7, 11) is 1.62. The lowest BCUT2D eigenvalue weighted by molar-refractivity contribution is -0.274. The summed E-state index contributed by atoms with van der Waals surface area (Å²) < 4.78 is 41.7. The Morgan fingerprint density at radius 1 is 1.41 bits per heavy atom. The van der Waals surface area contributed by atoms with Crippen LogP contribution in [-0.2, 0) is 18.3 Å². The fourth-order valence-corrected chi connectivity index (χ4v) is 1.83. The molecule has 0 saturated heterocycles. The molecule has 1 aromatic carbocycles. The number of amides is 1. The van der Waals surface area contributed by atoms with E-state index in [0.29, 0.717) is 11.4 Å². The molecule has 9 heteroatoms. The van der Waals surface area contributed by atoms with E-state index in [1.807, 2.05) is 0 Å². The predicted molar refractivity (Wildman–Crippen MR) is 71.2 cm³/mol. The van der Waals surface area contributed by atoms with E-state index in [1.165, 1.54) is 22.9 Å². The normalized spacial score (nSPS) is 11.3. The van der Waals surface area contributed by atoms with Crippen LogP contribution in [0.25, 0.3) is 0 Å². The SMILES string of the molecule is Cc1nc(NC(=O)Cc2cccc(OC(F)(F)F)c2)n(C)n1. The first-order chi connectivity index (χ1) is 10.2. The number of nitrogens with zero attached hydrogens (tertiary/aromatic N) is 3. The summed E-state index contributed by atoms with van der Waals surface area (Å²) in [5.74, 6) is -0.0180. The Hall–Kier alpha value is -2.58. The van der Waals surface area contributed by atoms with Gasteiger partial charge in [-0.3, -0.25) is 10.1 Å². The zero-order chi connectivity index (χ0) is 16.3. The van der Waals surface area contributed by atoms with Crippen molar-refractivity contribution >= 4 is 11.9 Å². The maximum Gasteiger partial charge on any atom is 0.573 e. The molecule has 0 fully saturated rings. The van der Waals surface area contributed by atoms with E-state index in [4.69, 9.17) is 0 Å². The lowest BCUT2D eigenvalue weighted by atomic mass is 10.1. The van der Waals surface area contributed by atoms with E-state index < -0.39 is 12.3 Å². The number of ether oxygens (including phenoxy) is 1. The van der Waals surface area contributed by atoms with Crippen molar-refractivity contribution in [1.29, 1.82) is 0 Å². The summed E-state index contributed by atoms with van der Waals surface area (Å²) in [4.78, 5) is 15.9. The number of rotatable bonds is 4. The van der Waals surface area contributed by atoms with Gasteiger partial charge in [-0.2, -0.15) is 10.1 Å². The second kappa shape index (κ2) is 6.04. The quantitative estimate of drug-likeness (QED) is 0.939. The summed E-state index contributed by atoms with van der Waals surface area (Å²) in [5.41, 5.74) is 0.387. The van der Waals surface area contributed by atoms with Gasteiger partial charge >= 0.3 is 6.36 Å². The third-order valence-electron chi connectivity index (χ3n) is 2.62. The molecule has 22 heavy (non-hydrogen) atoms. The largest absolute Gasteiger partial charge is 0.573 e. The lowest BCUT2D eigenvalue weighted by Gasteiger charge is -2.10. The molecule has 2 rings (SSSR count).